The number of carbonyl (C=O) groups is 1. The fourth-order valence-electron chi connectivity index (χ4n) is 3.10. The molecule has 2 aromatic heterocycles. The second-order valence-electron chi connectivity index (χ2n) is 7.07. The van der Waals surface area contributed by atoms with Crippen molar-refractivity contribution in [2.24, 2.45) is 0 Å². The van der Waals surface area contributed by atoms with Gasteiger partial charge in [0.05, 0.1) is 21.2 Å². The lowest BCUT2D eigenvalue weighted by atomic mass is 10.1. The van der Waals surface area contributed by atoms with E-state index in [1.54, 1.807) is 0 Å². The molecule has 3 rings (SSSR count). The van der Waals surface area contributed by atoms with E-state index in [9.17, 15) is 26.4 Å². The lowest BCUT2D eigenvalue weighted by Gasteiger charge is -2.25. The first kappa shape index (κ1) is 25.4. The zero-order valence-corrected chi connectivity index (χ0v) is 19.4. The van der Waals surface area contributed by atoms with Crippen LogP contribution in [-0.4, -0.2) is 38.0 Å². The number of nitrogens with two attached hydrogens (primary N) is 1. The summed E-state index contributed by atoms with van der Waals surface area (Å²) >= 11 is 6.02. The van der Waals surface area contributed by atoms with Crippen LogP contribution >= 0.6 is 11.6 Å². The molecule has 0 saturated heterocycles. The van der Waals surface area contributed by atoms with Crippen LogP contribution in [0, 0.1) is 6.92 Å². The number of benzene rings is 1. The molecular weight excluding hydrogens is 497 g/mol. The maximum absolute atomic E-state index is 13.5. The number of methoxy groups -OCH3 is 1. The highest BCUT2D eigenvalue weighted by Gasteiger charge is 2.36. The third kappa shape index (κ3) is 5.13. The van der Waals surface area contributed by atoms with Crippen molar-refractivity contribution in [2.45, 2.75) is 18.0 Å². The Bertz CT molecular complexity index is 1350. The summed E-state index contributed by atoms with van der Waals surface area (Å²) in [6.45, 7) is 0.572. The number of hydrogen-bond acceptors (Lipinski definition) is 7. The number of ether oxygens (including phenoxy) is 1. The highest BCUT2D eigenvalue weighted by Crippen LogP contribution is 2.35. The molecule has 1 aromatic carbocycles. The van der Waals surface area contributed by atoms with Crippen LogP contribution in [0.1, 0.15) is 27.2 Å². The van der Waals surface area contributed by atoms with Crippen LogP contribution in [0.15, 0.2) is 53.7 Å². The van der Waals surface area contributed by atoms with E-state index in [4.69, 9.17) is 22.1 Å². The Morgan fingerprint density at radius 2 is 1.88 bits per heavy atom. The number of pyridine rings is 2. The Morgan fingerprint density at radius 3 is 2.50 bits per heavy atom. The van der Waals surface area contributed by atoms with Gasteiger partial charge in [0.15, 0.2) is 0 Å². The lowest BCUT2D eigenvalue weighted by Crippen LogP contribution is -2.34. The largest absolute Gasteiger partial charge is 0.416 e. The Balaban J connectivity index is 2.20. The molecule has 0 aliphatic rings. The van der Waals surface area contributed by atoms with Crippen molar-refractivity contribution in [3.05, 3.63) is 76.2 Å². The first-order valence-corrected chi connectivity index (χ1v) is 11.3. The molecule has 0 amide bonds. The van der Waals surface area contributed by atoms with Gasteiger partial charge in [-0.3, -0.25) is 4.79 Å². The maximum Gasteiger partial charge on any atom is 0.416 e. The van der Waals surface area contributed by atoms with Gasteiger partial charge in [-0.15, -0.1) is 0 Å². The number of hydrogen-bond donors (Lipinski definition) is 1. The van der Waals surface area contributed by atoms with Gasteiger partial charge in [-0.25, -0.2) is 22.7 Å². The van der Waals surface area contributed by atoms with E-state index in [0.29, 0.717) is 10.4 Å². The van der Waals surface area contributed by atoms with Gasteiger partial charge in [0.25, 0.3) is 10.0 Å². The molecule has 180 valence electrons. The van der Waals surface area contributed by atoms with Crippen LogP contribution in [0.3, 0.4) is 0 Å². The molecule has 0 unspecified atom stereocenters. The molecule has 0 radical (unpaired) electrons. The number of nitrogen functional groups attached to an aromatic ring is 1. The minimum atomic E-state index is -4.78. The SMILES string of the molecule is COCN(c1cc(Cl)cnc1C(=O)c1ccnc(N)c1)S(=O)(=O)c1ccc(C)c(C(F)(F)F)c1. The highest BCUT2D eigenvalue weighted by molar-refractivity contribution is 7.92. The number of nitrogens with zero attached hydrogens (tertiary/aromatic N) is 3. The molecule has 0 aliphatic carbocycles. The molecule has 34 heavy (non-hydrogen) atoms. The second-order valence-corrected chi connectivity index (χ2v) is 9.36. The van der Waals surface area contributed by atoms with Crippen molar-refractivity contribution in [1.82, 2.24) is 9.97 Å². The first-order chi connectivity index (χ1) is 15.9. The molecule has 8 nitrogen and oxygen atoms in total. The summed E-state index contributed by atoms with van der Waals surface area (Å²) < 4.78 is 72.8. The van der Waals surface area contributed by atoms with Crippen LogP contribution < -0.4 is 10.0 Å². The normalized spacial score (nSPS) is 11.9. The monoisotopic (exact) mass is 514 g/mol. The minimum absolute atomic E-state index is 0.0167. The maximum atomic E-state index is 13.5. The summed E-state index contributed by atoms with van der Waals surface area (Å²) in [4.78, 5) is 20.3. The van der Waals surface area contributed by atoms with Crippen molar-refractivity contribution in [3.8, 4) is 0 Å². The summed E-state index contributed by atoms with van der Waals surface area (Å²) in [5, 5.41) is -0.0167. The van der Waals surface area contributed by atoms with E-state index >= 15 is 0 Å². The van der Waals surface area contributed by atoms with Gasteiger partial charge in [0.1, 0.15) is 18.2 Å². The zero-order chi connectivity index (χ0) is 25.3. The van der Waals surface area contributed by atoms with E-state index in [0.717, 1.165) is 24.4 Å². The van der Waals surface area contributed by atoms with Gasteiger partial charge in [-0.2, -0.15) is 13.2 Å². The van der Waals surface area contributed by atoms with Crippen molar-refractivity contribution in [3.63, 3.8) is 0 Å². The number of carbonyl (C=O) groups excluding carboxylic acids is 1. The minimum Gasteiger partial charge on any atom is -0.384 e. The predicted octanol–water partition coefficient (Wildman–Crippen LogP) is 4.07. The topological polar surface area (TPSA) is 115 Å². The molecule has 0 atom stereocenters. The molecule has 3 aromatic rings. The molecule has 0 saturated carbocycles. The van der Waals surface area contributed by atoms with Crippen LogP contribution in [0.5, 0.6) is 0 Å². The van der Waals surface area contributed by atoms with Crippen molar-refractivity contribution in [2.75, 3.05) is 23.9 Å². The van der Waals surface area contributed by atoms with E-state index in [2.05, 4.69) is 9.97 Å². The number of aromatic nitrogens is 2. The number of anilines is 2. The summed E-state index contributed by atoms with van der Waals surface area (Å²) in [5.41, 5.74) is 3.80. The summed E-state index contributed by atoms with van der Waals surface area (Å²) in [7, 11) is -3.48. The average Bonchev–Trinajstić information content (AvgIpc) is 2.76. The summed E-state index contributed by atoms with van der Waals surface area (Å²) in [6, 6.07) is 6.38. The van der Waals surface area contributed by atoms with Gasteiger partial charge in [-0.05, 0) is 42.8 Å². The highest BCUT2D eigenvalue weighted by atomic mass is 35.5. The number of halogens is 4. The first-order valence-electron chi connectivity index (χ1n) is 9.47. The fourth-order valence-corrected chi connectivity index (χ4v) is 4.66. The number of aryl methyl sites for hydroxylation is 1. The van der Waals surface area contributed by atoms with E-state index in [1.165, 1.54) is 32.4 Å². The van der Waals surface area contributed by atoms with Crippen molar-refractivity contribution >= 4 is 38.9 Å². The van der Waals surface area contributed by atoms with Crippen molar-refractivity contribution in [1.29, 1.82) is 0 Å². The number of sulfonamides is 1. The quantitative estimate of drug-likeness (QED) is 0.373. The lowest BCUT2D eigenvalue weighted by molar-refractivity contribution is -0.138. The fraction of sp³-hybridized carbons (Fsp3) is 0.190. The Morgan fingerprint density at radius 1 is 1.18 bits per heavy atom. The molecule has 2 heterocycles. The number of alkyl halides is 3. The molecule has 13 heteroatoms. The zero-order valence-electron chi connectivity index (χ0n) is 17.8. The van der Waals surface area contributed by atoms with Gasteiger partial charge < -0.3 is 10.5 Å². The van der Waals surface area contributed by atoms with E-state index in [1.807, 2.05) is 0 Å². The Labute approximate surface area is 198 Å². The third-order valence-corrected chi connectivity index (χ3v) is 6.65. The van der Waals surface area contributed by atoms with Crippen LogP contribution in [0.2, 0.25) is 5.02 Å². The Hall–Kier alpha value is -3.22. The second kappa shape index (κ2) is 9.57. The Kier molecular flexibility index (Phi) is 7.15. The molecule has 2 N–H and O–H groups in total. The number of ketones is 1. The van der Waals surface area contributed by atoms with Crippen LogP contribution in [-0.2, 0) is 20.9 Å². The third-order valence-electron chi connectivity index (χ3n) is 4.71. The van der Waals surface area contributed by atoms with Crippen LogP contribution in [0.25, 0.3) is 0 Å². The van der Waals surface area contributed by atoms with Gasteiger partial charge in [0, 0.05) is 25.1 Å². The average molecular weight is 515 g/mol. The standard InChI is InChI=1S/C21H18ClF3N4O4S/c1-12-3-4-15(9-16(12)21(23,24)25)34(31,32)29(11-33-2)17-8-14(22)10-28-19(17)20(30)13-5-6-27-18(26)7-13/h3-10H,11H2,1-2H3,(H2,26,27). The summed E-state index contributed by atoms with van der Waals surface area (Å²) in [5.74, 6) is -0.668. The molecule has 0 bridgehead atoms. The molecule has 0 spiro atoms. The van der Waals surface area contributed by atoms with Crippen molar-refractivity contribution < 1.29 is 31.1 Å². The molecule has 0 aliphatic heterocycles. The smallest absolute Gasteiger partial charge is 0.384 e. The molecular formula is C21H18ClF3N4O4S. The summed E-state index contributed by atoms with van der Waals surface area (Å²) in [6.07, 6.45) is -2.36. The van der Waals surface area contributed by atoms with E-state index in [-0.39, 0.29) is 33.3 Å². The predicted molar refractivity (Wildman–Crippen MR) is 119 cm³/mol. The van der Waals surface area contributed by atoms with Gasteiger partial charge in [-0.1, -0.05) is 17.7 Å². The van der Waals surface area contributed by atoms with Gasteiger partial charge >= 0.3 is 6.18 Å². The molecule has 0 fully saturated rings. The van der Waals surface area contributed by atoms with E-state index < -0.39 is 39.2 Å². The number of rotatable bonds is 7. The van der Waals surface area contributed by atoms with Gasteiger partial charge in [0.2, 0.25) is 5.78 Å². The van der Waals surface area contributed by atoms with Crippen LogP contribution in [0.4, 0.5) is 24.7 Å².